The number of hydrogen-bond acceptors (Lipinski definition) is 7. The molecule has 0 fully saturated rings. The molecule has 146 valence electrons. The monoisotopic (exact) mass is 394 g/mol. The molecule has 1 unspecified atom stereocenters. The van der Waals surface area contributed by atoms with Crippen molar-refractivity contribution in [3.05, 3.63) is 23.8 Å². The first-order chi connectivity index (χ1) is 12.8. The van der Waals surface area contributed by atoms with Crippen LogP contribution < -0.4 is 10.6 Å². The number of ether oxygens (including phenoxy) is 2. The van der Waals surface area contributed by atoms with Gasteiger partial charge in [0.2, 0.25) is 5.91 Å². The van der Waals surface area contributed by atoms with E-state index in [1.807, 2.05) is 13.8 Å². The van der Waals surface area contributed by atoms with Crippen LogP contribution in [0.25, 0.3) is 0 Å². The number of carbonyl (C=O) groups excluding carboxylic acids is 4. The molecular formula is C18H22N2O6S. The number of esters is 2. The van der Waals surface area contributed by atoms with E-state index in [0.717, 1.165) is 4.90 Å². The van der Waals surface area contributed by atoms with Crippen molar-refractivity contribution in [2.24, 2.45) is 5.92 Å². The summed E-state index contributed by atoms with van der Waals surface area (Å²) in [5.41, 5.74) is 0.758. The van der Waals surface area contributed by atoms with Crippen molar-refractivity contribution >= 4 is 41.2 Å². The highest BCUT2D eigenvalue weighted by atomic mass is 32.2. The van der Waals surface area contributed by atoms with E-state index >= 15 is 0 Å². The van der Waals surface area contributed by atoms with E-state index in [1.165, 1.54) is 24.9 Å². The summed E-state index contributed by atoms with van der Waals surface area (Å²) in [6.07, 6.45) is 0.411. The van der Waals surface area contributed by atoms with Crippen molar-refractivity contribution in [2.45, 2.75) is 31.2 Å². The third kappa shape index (κ3) is 5.99. The molecule has 0 saturated heterocycles. The minimum atomic E-state index is -0.794. The highest BCUT2D eigenvalue weighted by Crippen LogP contribution is 2.32. The number of hydrogen-bond donors (Lipinski definition) is 2. The van der Waals surface area contributed by atoms with E-state index in [2.05, 4.69) is 15.4 Å². The van der Waals surface area contributed by atoms with Crippen LogP contribution >= 0.6 is 11.8 Å². The van der Waals surface area contributed by atoms with Gasteiger partial charge in [0.1, 0.15) is 6.04 Å². The maximum Gasteiger partial charge on any atom is 0.338 e. The SMILES string of the molecule is COC(=O)C(CC(C)C)NC(=O)COC(=O)c1ccc2c(c1)NC(=O)CS2. The molecule has 0 radical (unpaired) electrons. The second kappa shape index (κ2) is 9.40. The third-order valence-electron chi connectivity index (χ3n) is 3.71. The van der Waals surface area contributed by atoms with E-state index < -0.39 is 30.5 Å². The average Bonchev–Trinajstić information content (AvgIpc) is 2.63. The molecular weight excluding hydrogens is 372 g/mol. The number of amides is 2. The molecule has 1 aromatic carbocycles. The van der Waals surface area contributed by atoms with Crippen LogP contribution in [0, 0.1) is 5.92 Å². The standard InChI is InChI=1S/C18H22N2O6S/c1-10(2)6-13(18(24)25-3)20-15(21)8-26-17(23)11-4-5-14-12(7-11)19-16(22)9-27-14/h4-5,7,10,13H,6,8-9H2,1-3H3,(H,19,22)(H,20,21). The fourth-order valence-electron chi connectivity index (χ4n) is 2.49. The lowest BCUT2D eigenvalue weighted by molar-refractivity contribution is -0.145. The summed E-state index contributed by atoms with van der Waals surface area (Å²) >= 11 is 1.38. The Morgan fingerprint density at radius 1 is 1.30 bits per heavy atom. The Morgan fingerprint density at radius 2 is 2.04 bits per heavy atom. The number of methoxy groups -OCH3 is 1. The molecule has 0 saturated carbocycles. The van der Waals surface area contributed by atoms with Crippen molar-refractivity contribution in [1.29, 1.82) is 0 Å². The molecule has 0 aromatic heterocycles. The van der Waals surface area contributed by atoms with Crippen LogP contribution in [0.3, 0.4) is 0 Å². The van der Waals surface area contributed by atoms with E-state index in [-0.39, 0.29) is 17.4 Å². The molecule has 0 aliphatic carbocycles. The summed E-state index contributed by atoms with van der Waals surface area (Å²) in [5.74, 6) is -1.49. The highest BCUT2D eigenvalue weighted by Gasteiger charge is 2.23. The predicted octanol–water partition coefficient (Wildman–Crippen LogP) is 1.59. The van der Waals surface area contributed by atoms with Crippen LogP contribution in [-0.2, 0) is 23.9 Å². The lowest BCUT2D eigenvalue weighted by atomic mass is 10.0. The third-order valence-corrected chi connectivity index (χ3v) is 4.78. The smallest absolute Gasteiger partial charge is 0.338 e. The normalized spacial score (nSPS) is 14.0. The second-order valence-electron chi connectivity index (χ2n) is 6.40. The Morgan fingerprint density at radius 3 is 2.70 bits per heavy atom. The molecule has 1 atom stereocenters. The number of nitrogens with one attached hydrogen (secondary N) is 2. The van der Waals surface area contributed by atoms with Crippen molar-refractivity contribution in [3.8, 4) is 0 Å². The van der Waals surface area contributed by atoms with Crippen LogP contribution in [0.15, 0.2) is 23.1 Å². The summed E-state index contributed by atoms with van der Waals surface area (Å²) in [6.45, 7) is 3.30. The molecule has 2 amide bonds. The van der Waals surface area contributed by atoms with Gasteiger partial charge in [0.05, 0.1) is 24.1 Å². The molecule has 2 rings (SSSR count). The zero-order valence-electron chi connectivity index (χ0n) is 15.4. The lowest BCUT2D eigenvalue weighted by Crippen LogP contribution is -2.44. The van der Waals surface area contributed by atoms with Gasteiger partial charge < -0.3 is 20.1 Å². The van der Waals surface area contributed by atoms with Gasteiger partial charge in [0.25, 0.3) is 5.91 Å². The van der Waals surface area contributed by atoms with E-state index in [1.54, 1.807) is 12.1 Å². The van der Waals surface area contributed by atoms with Crippen molar-refractivity contribution < 1.29 is 28.7 Å². The molecule has 9 heteroatoms. The molecule has 1 aliphatic heterocycles. The van der Waals surface area contributed by atoms with Crippen LogP contribution in [0.1, 0.15) is 30.6 Å². The van der Waals surface area contributed by atoms with Gasteiger partial charge in [-0.2, -0.15) is 0 Å². The van der Waals surface area contributed by atoms with Gasteiger partial charge in [0.15, 0.2) is 6.61 Å². The van der Waals surface area contributed by atoms with E-state index in [9.17, 15) is 19.2 Å². The maximum absolute atomic E-state index is 12.2. The van der Waals surface area contributed by atoms with Gasteiger partial charge >= 0.3 is 11.9 Å². The molecule has 0 bridgehead atoms. The van der Waals surface area contributed by atoms with Gasteiger partial charge in [-0.05, 0) is 30.5 Å². The molecule has 0 spiro atoms. The summed E-state index contributed by atoms with van der Waals surface area (Å²) < 4.78 is 9.68. The fraction of sp³-hybridized carbons (Fsp3) is 0.444. The summed E-state index contributed by atoms with van der Waals surface area (Å²) in [7, 11) is 1.25. The first kappa shape index (κ1) is 20.8. The van der Waals surface area contributed by atoms with Crippen molar-refractivity contribution in [2.75, 3.05) is 24.8 Å². The molecule has 2 N–H and O–H groups in total. The number of benzene rings is 1. The number of thioether (sulfide) groups is 1. The minimum absolute atomic E-state index is 0.142. The Hall–Kier alpha value is -2.55. The number of fused-ring (bicyclic) bond motifs is 1. The van der Waals surface area contributed by atoms with Crippen molar-refractivity contribution in [3.63, 3.8) is 0 Å². The van der Waals surface area contributed by atoms with Crippen LogP contribution in [0.5, 0.6) is 0 Å². The van der Waals surface area contributed by atoms with Gasteiger partial charge in [-0.15, -0.1) is 11.8 Å². The summed E-state index contributed by atoms with van der Waals surface area (Å²) in [6, 6.07) is 4.00. The lowest BCUT2D eigenvalue weighted by Gasteiger charge is -2.18. The van der Waals surface area contributed by atoms with Crippen LogP contribution in [-0.4, -0.2) is 49.3 Å². The molecule has 1 aliphatic rings. The Kier molecular flexibility index (Phi) is 7.23. The highest BCUT2D eigenvalue weighted by molar-refractivity contribution is 8.00. The average molecular weight is 394 g/mol. The summed E-state index contributed by atoms with van der Waals surface area (Å²) in [5, 5.41) is 5.20. The second-order valence-corrected chi connectivity index (χ2v) is 7.41. The zero-order chi connectivity index (χ0) is 20.0. The quantitative estimate of drug-likeness (QED) is 0.676. The largest absolute Gasteiger partial charge is 0.467 e. The topological polar surface area (TPSA) is 111 Å². The molecule has 1 aromatic rings. The molecule has 1 heterocycles. The maximum atomic E-state index is 12.2. The summed E-state index contributed by atoms with van der Waals surface area (Å²) in [4.78, 5) is 48.2. The van der Waals surface area contributed by atoms with Crippen LogP contribution in [0.2, 0.25) is 0 Å². The number of rotatable bonds is 7. The zero-order valence-corrected chi connectivity index (χ0v) is 16.2. The van der Waals surface area contributed by atoms with Gasteiger partial charge in [0, 0.05) is 4.90 Å². The van der Waals surface area contributed by atoms with Crippen molar-refractivity contribution in [1.82, 2.24) is 5.32 Å². The van der Waals surface area contributed by atoms with Crippen LogP contribution in [0.4, 0.5) is 5.69 Å². The Bertz CT molecular complexity index is 749. The minimum Gasteiger partial charge on any atom is -0.467 e. The molecule has 27 heavy (non-hydrogen) atoms. The van der Waals surface area contributed by atoms with Gasteiger partial charge in [-0.3, -0.25) is 9.59 Å². The van der Waals surface area contributed by atoms with E-state index in [4.69, 9.17) is 4.74 Å². The first-order valence-corrected chi connectivity index (χ1v) is 9.39. The molecule has 8 nitrogen and oxygen atoms in total. The van der Waals surface area contributed by atoms with Gasteiger partial charge in [-0.25, -0.2) is 9.59 Å². The fourth-order valence-corrected chi connectivity index (χ4v) is 3.28. The Labute approximate surface area is 161 Å². The predicted molar refractivity (Wildman–Crippen MR) is 99.5 cm³/mol. The Balaban J connectivity index is 1.92. The van der Waals surface area contributed by atoms with E-state index in [0.29, 0.717) is 17.9 Å². The first-order valence-electron chi connectivity index (χ1n) is 8.41. The number of carbonyl (C=O) groups is 4. The number of anilines is 1. The van der Waals surface area contributed by atoms with Gasteiger partial charge in [-0.1, -0.05) is 13.8 Å².